The molecule has 0 N–H and O–H groups in total. The van der Waals surface area contributed by atoms with Gasteiger partial charge in [-0.25, -0.2) is 0 Å². The number of hydrogen-bond donors (Lipinski definition) is 0. The van der Waals surface area contributed by atoms with Crippen LogP contribution in [-0.2, 0) is 20.1 Å². The molecule has 0 radical (unpaired) electrons. The van der Waals surface area contributed by atoms with E-state index in [1.165, 1.54) is 46.4 Å². The van der Waals surface area contributed by atoms with Gasteiger partial charge in [-0.15, -0.1) is 42.0 Å². The van der Waals surface area contributed by atoms with E-state index in [0.717, 1.165) is 11.3 Å². The van der Waals surface area contributed by atoms with E-state index in [2.05, 4.69) is 92.0 Å². The van der Waals surface area contributed by atoms with Gasteiger partial charge < -0.3 is 9.55 Å². The predicted molar refractivity (Wildman–Crippen MR) is 140 cm³/mol. The minimum Gasteiger partial charge on any atom is -0.304 e. The van der Waals surface area contributed by atoms with Crippen LogP contribution in [0.2, 0.25) is 0 Å². The van der Waals surface area contributed by atoms with Crippen LogP contribution in [0.3, 0.4) is 0 Å². The zero-order valence-corrected chi connectivity index (χ0v) is 23.1. The number of rotatable bonds is 3. The van der Waals surface area contributed by atoms with Crippen LogP contribution in [0.15, 0.2) is 79.0 Å². The maximum Gasteiger partial charge on any atom is 3.00 e. The van der Waals surface area contributed by atoms with E-state index in [1.54, 1.807) is 12.1 Å². The fraction of sp³-hybridized carbons (Fsp3) is 0.188. The molecular weight excluding hydrogens is 624 g/mol. The Kier molecular flexibility index (Phi) is 7.84. The number of benzene rings is 3. The summed E-state index contributed by atoms with van der Waals surface area (Å²) in [5.41, 5.74) is 7.37. The van der Waals surface area contributed by atoms with Crippen LogP contribution in [0.1, 0.15) is 46.1 Å². The van der Waals surface area contributed by atoms with Crippen LogP contribution >= 0.6 is 0 Å². The molecule has 0 atom stereocenters. The first kappa shape index (κ1) is 23.2. The van der Waals surface area contributed by atoms with Gasteiger partial charge in [-0.2, -0.15) is 23.3 Å². The summed E-state index contributed by atoms with van der Waals surface area (Å²) in [5.74, 6) is 0.174. The molecule has 0 unspecified atom stereocenters. The van der Waals surface area contributed by atoms with Crippen molar-refractivity contribution in [2.45, 2.75) is 40.5 Å². The van der Waals surface area contributed by atoms with Gasteiger partial charge in [-0.05, 0) is 41.0 Å². The monoisotopic (exact) mass is 656 g/mol. The van der Waals surface area contributed by atoms with E-state index in [-0.39, 0.29) is 31.5 Å². The van der Waals surface area contributed by atoms with Crippen molar-refractivity contribution < 1.29 is 33.2 Å². The molecule has 0 amide bonds. The third kappa shape index (κ3) is 6.72. The molecule has 0 aliphatic carbocycles. The zero-order valence-electron chi connectivity index (χ0n) is 23.7. The van der Waals surface area contributed by atoms with E-state index in [0.29, 0.717) is 17.2 Å². The summed E-state index contributed by atoms with van der Waals surface area (Å²) in [6.45, 7) is 6.49. The summed E-state index contributed by atoms with van der Waals surface area (Å²) in [5, 5.41) is 1.24. The van der Waals surface area contributed by atoms with Crippen molar-refractivity contribution in [3.63, 3.8) is 0 Å². The number of aryl methyl sites for hydroxylation is 3. The standard InChI is InChI=1S/C20H20N.C12H9FN.Ir/c1-14(2)17-7-8-20-18(13-17)6-5-9-21(20)19-11-15(3)10-16(4)12-19;1-9-2-7-12(14-8-9)10-3-5-11(13)6-4-10;/h5-8,10-11,13-14H,1-4H3;2-3,5-8H,1H3;/q2*-1;+3/i;1D3;. The van der Waals surface area contributed by atoms with Crippen molar-refractivity contribution >= 4 is 10.9 Å². The molecule has 0 aliphatic heterocycles. The number of halogens is 1. The number of pyridine rings is 2. The molecule has 3 aromatic carbocycles. The van der Waals surface area contributed by atoms with E-state index in [1.807, 2.05) is 6.07 Å². The van der Waals surface area contributed by atoms with E-state index in [9.17, 15) is 4.39 Å². The van der Waals surface area contributed by atoms with E-state index >= 15 is 0 Å². The molecule has 0 spiro atoms. The molecule has 0 fully saturated rings. The SMILES string of the molecule is Cc1[c-]c(-[n+]2[c-]ccc3cc(C(C)C)ccc32)cc(C)c1.[2H]C([2H])([2H])c1ccc(-c2[c-]cc(F)cc2)nc1.[Ir+3]. The first-order chi connectivity index (χ1) is 18.0. The summed E-state index contributed by atoms with van der Waals surface area (Å²) >= 11 is 0. The molecular formula is C32H29FIrN2+. The average Bonchev–Trinajstić information content (AvgIpc) is 2.88. The first-order valence-electron chi connectivity index (χ1n) is 13.0. The van der Waals surface area contributed by atoms with Crippen molar-refractivity contribution in [3.8, 4) is 16.9 Å². The molecule has 0 saturated carbocycles. The molecule has 36 heavy (non-hydrogen) atoms. The third-order valence-corrected chi connectivity index (χ3v) is 5.61. The average molecular weight is 656 g/mol. The Hall–Kier alpha value is -3.20. The number of hydrogen-bond acceptors (Lipinski definition) is 1. The van der Waals surface area contributed by atoms with E-state index in [4.69, 9.17) is 4.11 Å². The van der Waals surface area contributed by atoms with Crippen LogP contribution < -0.4 is 4.57 Å². The third-order valence-electron chi connectivity index (χ3n) is 5.61. The largest absolute Gasteiger partial charge is 3.00 e. The van der Waals surface area contributed by atoms with Gasteiger partial charge in [0.15, 0.2) is 6.20 Å². The Labute approximate surface area is 231 Å². The fourth-order valence-electron chi connectivity index (χ4n) is 3.85. The Morgan fingerprint density at radius 1 is 0.972 bits per heavy atom. The van der Waals surface area contributed by atoms with Gasteiger partial charge in [0.25, 0.3) is 0 Å². The topological polar surface area (TPSA) is 16.8 Å². The molecule has 5 aromatic rings. The Balaban J connectivity index is 0.000000215. The molecule has 5 rings (SSSR count). The maximum absolute atomic E-state index is 12.7. The van der Waals surface area contributed by atoms with Crippen LogP contribution in [-0.4, -0.2) is 4.98 Å². The van der Waals surface area contributed by atoms with Gasteiger partial charge in [0, 0.05) is 21.8 Å². The summed E-state index contributed by atoms with van der Waals surface area (Å²) in [6.07, 6.45) is 4.62. The number of fused-ring (bicyclic) bond motifs is 1. The molecule has 0 aliphatic rings. The quantitative estimate of drug-likeness (QED) is 0.146. The van der Waals surface area contributed by atoms with Gasteiger partial charge in [0.1, 0.15) is 5.52 Å². The summed E-state index contributed by atoms with van der Waals surface area (Å²) in [7, 11) is 0. The van der Waals surface area contributed by atoms with Crippen molar-refractivity contribution in [1.82, 2.24) is 4.98 Å². The van der Waals surface area contributed by atoms with E-state index < -0.39 is 6.85 Å². The predicted octanol–water partition coefficient (Wildman–Crippen LogP) is 7.45. The summed E-state index contributed by atoms with van der Waals surface area (Å²) < 4.78 is 36.4. The summed E-state index contributed by atoms with van der Waals surface area (Å²) in [6, 6.07) is 28.4. The van der Waals surface area contributed by atoms with Crippen molar-refractivity contribution in [1.29, 1.82) is 0 Å². The minimum atomic E-state index is -2.15. The van der Waals surface area contributed by atoms with Gasteiger partial charge in [-0.3, -0.25) is 4.39 Å². The number of aromatic nitrogens is 2. The van der Waals surface area contributed by atoms with Crippen LogP contribution in [0, 0.1) is 44.8 Å². The molecule has 0 saturated heterocycles. The van der Waals surface area contributed by atoms with Crippen molar-refractivity contribution in [2.24, 2.45) is 0 Å². The van der Waals surface area contributed by atoms with Crippen LogP contribution in [0.5, 0.6) is 0 Å². The molecule has 0 bridgehead atoms. The second kappa shape index (κ2) is 12.2. The van der Waals surface area contributed by atoms with Gasteiger partial charge in [0.05, 0.1) is 0 Å². The van der Waals surface area contributed by atoms with Gasteiger partial charge in [-0.1, -0.05) is 58.0 Å². The zero-order chi connectivity index (χ0) is 27.4. The molecule has 2 heterocycles. The smallest absolute Gasteiger partial charge is 0.304 e. The molecule has 2 nitrogen and oxygen atoms in total. The van der Waals surface area contributed by atoms with Crippen molar-refractivity contribution in [3.05, 3.63) is 125 Å². The first-order valence-corrected chi connectivity index (χ1v) is 11.5. The second-order valence-corrected chi connectivity index (χ2v) is 8.85. The van der Waals surface area contributed by atoms with Gasteiger partial charge in [0.2, 0.25) is 0 Å². The molecule has 2 aromatic heterocycles. The Morgan fingerprint density at radius 2 is 1.81 bits per heavy atom. The Morgan fingerprint density at radius 3 is 2.44 bits per heavy atom. The summed E-state index contributed by atoms with van der Waals surface area (Å²) in [4.78, 5) is 4.03. The van der Waals surface area contributed by atoms with Crippen LogP contribution in [0.4, 0.5) is 4.39 Å². The second-order valence-electron chi connectivity index (χ2n) is 8.85. The van der Waals surface area contributed by atoms with Gasteiger partial charge >= 0.3 is 20.1 Å². The van der Waals surface area contributed by atoms with Crippen molar-refractivity contribution in [2.75, 3.05) is 0 Å². The van der Waals surface area contributed by atoms with Crippen LogP contribution in [0.25, 0.3) is 27.8 Å². The normalized spacial score (nSPS) is 12.1. The molecule has 182 valence electrons. The minimum absolute atomic E-state index is 0. The Bertz CT molecular complexity index is 1530. The molecule has 4 heteroatoms. The maximum atomic E-state index is 12.7. The fourth-order valence-corrected chi connectivity index (χ4v) is 3.85. The number of nitrogens with zero attached hydrogens (tertiary/aromatic N) is 2.